The van der Waals surface area contributed by atoms with E-state index in [1.54, 1.807) is 0 Å². The van der Waals surface area contributed by atoms with E-state index in [4.69, 9.17) is 9.97 Å². The van der Waals surface area contributed by atoms with Gasteiger partial charge in [-0.25, -0.2) is 19.9 Å². The van der Waals surface area contributed by atoms with E-state index in [0.29, 0.717) is 45.7 Å². The SMILES string of the molecule is FC(F)(F)c1ccc2nc(CC3CCC(c4ccccc4)CC3)[nH]c2c1.FC(F)(F)c1ccc2nc(CC3CCC(c4ccccc4)CC3)[nH]c2c1.c1ccc(C2CCC(Cc3nc4ccc(C5CC5)cc4[nH]3)CC2)cc1.c1ccc(C2CCC(Cc3nc4ccccc4[nH]3)CC2)cc1. The van der Waals surface area contributed by atoms with Crippen LogP contribution < -0.4 is 0 Å². The highest BCUT2D eigenvalue weighted by atomic mass is 19.4. The maximum Gasteiger partial charge on any atom is 0.416 e. The average Bonchev–Trinajstić information content (AvgIpc) is 1.70. The van der Waals surface area contributed by atoms with Gasteiger partial charge in [-0.15, -0.1) is 0 Å². The Hall–Kier alpha value is -8.78. The summed E-state index contributed by atoms with van der Waals surface area (Å²) in [7, 11) is 0. The molecule has 4 aromatic heterocycles. The second-order valence-corrected chi connectivity index (χ2v) is 29.1. The summed E-state index contributed by atoms with van der Waals surface area (Å²) in [5.74, 6) is 10.1. The smallest absolute Gasteiger partial charge is 0.342 e. The molecular formula is C85H90F6N8. The molecule has 0 unspecified atom stereocenters. The van der Waals surface area contributed by atoms with Crippen molar-refractivity contribution in [3.05, 3.63) is 262 Å². The van der Waals surface area contributed by atoms with Crippen molar-refractivity contribution in [3.8, 4) is 0 Å². The van der Waals surface area contributed by atoms with Crippen molar-refractivity contribution in [2.24, 2.45) is 23.7 Å². The number of alkyl halides is 6. The summed E-state index contributed by atoms with van der Waals surface area (Å²) in [4.78, 5) is 31.8. The highest BCUT2D eigenvalue weighted by molar-refractivity contribution is 5.78. The molecule has 8 aromatic carbocycles. The Labute approximate surface area is 576 Å². The van der Waals surface area contributed by atoms with Crippen molar-refractivity contribution in [1.29, 1.82) is 0 Å². The summed E-state index contributed by atoms with van der Waals surface area (Å²) in [6, 6.07) is 65.8. The lowest BCUT2D eigenvalue weighted by molar-refractivity contribution is -0.138. The molecule has 4 heterocycles. The summed E-state index contributed by atoms with van der Waals surface area (Å²) in [5, 5.41) is 0. The van der Waals surface area contributed by atoms with E-state index in [9.17, 15) is 26.3 Å². The third kappa shape index (κ3) is 17.6. The second kappa shape index (κ2) is 30.8. The zero-order valence-corrected chi connectivity index (χ0v) is 56.4. The first-order valence-corrected chi connectivity index (χ1v) is 36.4. The minimum atomic E-state index is -4.32. The van der Waals surface area contributed by atoms with Crippen LogP contribution in [0.1, 0.15) is 207 Å². The van der Waals surface area contributed by atoms with Crippen LogP contribution in [-0.4, -0.2) is 39.9 Å². The molecule has 5 saturated carbocycles. The zero-order valence-electron chi connectivity index (χ0n) is 56.4. The number of nitrogens with one attached hydrogen (secondary N) is 4. The quantitative estimate of drug-likeness (QED) is 0.0861. The molecule has 5 aliphatic rings. The summed E-state index contributed by atoms with van der Waals surface area (Å²) >= 11 is 0. The largest absolute Gasteiger partial charge is 0.416 e. The van der Waals surface area contributed by atoms with Gasteiger partial charge in [0.1, 0.15) is 23.3 Å². The highest BCUT2D eigenvalue weighted by Crippen LogP contribution is 2.44. The predicted molar refractivity (Wildman–Crippen MR) is 386 cm³/mol. The molecular weight excluding hydrogens is 1250 g/mol. The summed E-state index contributed by atoms with van der Waals surface area (Å²) in [5.41, 5.74) is 12.8. The Morgan fingerprint density at radius 3 is 0.808 bits per heavy atom. The van der Waals surface area contributed by atoms with E-state index in [1.165, 1.54) is 115 Å². The van der Waals surface area contributed by atoms with Crippen molar-refractivity contribution in [1.82, 2.24) is 39.9 Å². The number of nitrogens with zero attached hydrogens (tertiary/aromatic N) is 4. The van der Waals surface area contributed by atoms with Crippen LogP contribution in [0.25, 0.3) is 44.1 Å². The first kappa shape index (κ1) is 67.4. The fourth-order valence-corrected chi connectivity index (χ4v) is 16.4. The lowest BCUT2D eigenvalue weighted by Crippen LogP contribution is -2.15. The number of para-hydroxylation sites is 2. The van der Waals surface area contributed by atoms with Crippen LogP contribution in [0, 0.1) is 23.7 Å². The first-order valence-electron chi connectivity index (χ1n) is 36.4. The minimum Gasteiger partial charge on any atom is -0.342 e. The van der Waals surface area contributed by atoms with Gasteiger partial charge in [0.15, 0.2) is 0 Å². The van der Waals surface area contributed by atoms with Crippen molar-refractivity contribution in [2.45, 2.75) is 183 Å². The average molecular weight is 1340 g/mol. The van der Waals surface area contributed by atoms with Gasteiger partial charge in [-0.1, -0.05) is 140 Å². The van der Waals surface area contributed by atoms with Crippen molar-refractivity contribution < 1.29 is 26.3 Å². The van der Waals surface area contributed by atoms with Crippen LogP contribution >= 0.6 is 0 Å². The monoisotopic (exact) mass is 1340 g/mol. The predicted octanol–water partition coefficient (Wildman–Crippen LogP) is 23.2. The molecule has 8 nitrogen and oxygen atoms in total. The number of H-pyrrole nitrogens is 4. The van der Waals surface area contributed by atoms with Gasteiger partial charge < -0.3 is 19.9 Å². The standard InChI is InChI=1S/C23H26N2.2C21H21F3N2.C20H22N2/c1-2-4-17(5-3-1)18-8-6-16(7-9-18)14-23-24-21-13-12-20(19-10-11-19)15-22(21)25-23;2*22-21(23,24)17-10-11-18-19(13-17)26-20(25-18)12-14-6-8-16(9-7-14)15-4-2-1-3-5-15;1-2-6-16(7-3-1)17-12-10-15(11-13-17)14-20-21-18-8-4-5-9-19(18)22-20/h1-5,12-13,15-16,18-19H,6-11,14H2,(H,24,25);2*1-5,10-11,13-14,16H,6-9,12H2,(H,25,26);1-9,15,17H,10-14H2,(H,21,22). The summed E-state index contributed by atoms with van der Waals surface area (Å²) in [6.07, 6.45) is 17.6. The van der Waals surface area contributed by atoms with Crippen LogP contribution in [0.2, 0.25) is 0 Å². The molecule has 0 spiro atoms. The van der Waals surface area contributed by atoms with Crippen LogP contribution in [0.3, 0.4) is 0 Å². The number of aromatic nitrogens is 8. The lowest BCUT2D eigenvalue weighted by Gasteiger charge is -2.28. The molecule has 0 bridgehead atoms. The fourth-order valence-electron chi connectivity index (χ4n) is 16.4. The molecule has 14 heteroatoms. The molecule has 5 fully saturated rings. The number of hydrogen-bond donors (Lipinski definition) is 4. The molecule has 0 radical (unpaired) electrons. The second-order valence-electron chi connectivity index (χ2n) is 29.1. The molecule has 4 N–H and O–H groups in total. The molecule has 0 atom stereocenters. The van der Waals surface area contributed by atoms with Crippen molar-refractivity contribution in [3.63, 3.8) is 0 Å². The minimum absolute atomic E-state index is 0.466. The number of rotatable bonds is 13. The van der Waals surface area contributed by atoms with Crippen molar-refractivity contribution in [2.75, 3.05) is 0 Å². The van der Waals surface area contributed by atoms with Crippen molar-refractivity contribution >= 4 is 44.1 Å². The highest BCUT2D eigenvalue weighted by Gasteiger charge is 2.33. The molecule has 512 valence electrons. The Morgan fingerprint density at radius 2 is 0.505 bits per heavy atom. The zero-order chi connectivity index (χ0) is 67.7. The number of hydrogen-bond acceptors (Lipinski definition) is 4. The van der Waals surface area contributed by atoms with Gasteiger partial charge in [-0.3, -0.25) is 0 Å². The van der Waals surface area contributed by atoms with Crippen LogP contribution in [0.5, 0.6) is 0 Å². The maximum atomic E-state index is 12.8. The summed E-state index contributed by atoms with van der Waals surface area (Å²) < 4.78 is 77.0. The van der Waals surface area contributed by atoms with Crippen LogP contribution in [0.4, 0.5) is 26.3 Å². The van der Waals surface area contributed by atoms with Gasteiger partial charge in [0, 0.05) is 25.7 Å². The Balaban J connectivity index is 0.000000113. The Kier molecular flexibility index (Phi) is 21.0. The molecule has 0 amide bonds. The van der Waals surface area contributed by atoms with Gasteiger partial charge in [0.2, 0.25) is 0 Å². The number of fused-ring (bicyclic) bond motifs is 4. The van der Waals surface area contributed by atoms with Gasteiger partial charge in [-0.2, -0.15) is 26.3 Å². The van der Waals surface area contributed by atoms with E-state index in [0.717, 1.165) is 165 Å². The lowest BCUT2D eigenvalue weighted by atomic mass is 9.77. The summed E-state index contributed by atoms with van der Waals surface area (Å²) in [6.45, 7) is 0. The number of benzene rings is 8. The van der Waals surface area contributed by atoms with Crippen LogP contribution in [0.15, 0.2) is 200 Å². The third-order valence-electron chi connectivity index (χ3n) is 22.2. The molecule has 12 aromatic rings. The van der Waals surface area contributed by atoms with E-state index < -0.39 is 23.5 Å². The van der Waals surface area contributed by atoms with Gasteiger partial charge in [0.05, 0.1) is 55.3 Å². The van der Waals surface area contributed by atoms with E-state index in [1.807, 2.05) is 12.1 Å². The third-order valence-corrected chi connectivity index (χ3v) is 22.2. The molecule has 17 rings (SSSR count). The Morgan fingerprint density at radius 1 is 0.253 bits per heavy atom. The van der Waals surface area contributed by atoms with Crippen LogP contribution in [-0.2, 0) is 38.0 Å². The van der Waals surface area contributed by atoms with E-state index in [2.05, 4.69) is 182 Å². The number of imidazole rings is 4. The Bertz CT molecular complexity index is 4320. The normalized spacial score (nSPS) is 22.0. The first-order chi connectivity index (χ1) is 48.2. The fraction of sp³-hybridized carbons (Fsp3) is 0.388. The van der Waals surface area contributed by atoms with E-state index >= 15 is 0 Å². The molecule has 0 saturated heterocycles. The van der Waals surface area contributed by atoms with Gasteiger partial charge in [0.25, 0.3) is 0 Å². The molecule has 0 aliphatic heterocycles. The molecule has 5 aliphatic carbocycles. The van der Waals surface area contributed by atoms with Gasteiger partial charge in [-0.05, 0) is 257 Å². The topological polar surface area (TPSA) is 115 Å². The number of halogens is 6. The van der Waals surface area contributed by atoms with Gasteiger partial charge >= 0.3 is 12.4 Å². The van der Waals surface area contributed by atoms with E-state index in [-0.39, 0.29) is 0 Å². The number of aromatic amines is 4. The molecule has 99 heavy (non-hydrogen) atoms. The maximum absolute atomic E-state index is 12.8.